The second-order valence-corrected chi connectivity index (χ2v) is 3.06. The van der Waals surface area contributed by atoms with Crippen LogP contribution in [-0.4, -0.2) is 25.2 Å². The van der Waals surface area contributed by atoms with E-state index in [9.17, 15) is 4.79 Å². The van der Waals surface area contributed by atoms with Crippen LogP contribution >= 0.6 is 0 Å². The number of carbonyl (C=O) groups is 1. The van der Waals surface area contributed by atoms with Crippen molar-refractivity contribution in [3.8, 4) is 0 Å². The van der Waals surface area contributed by atoms with Crippen LogP contribution < -0.4 is 5.32 Å². The van der Waals surface area contributed by atoms with Crippen molar-refractivity contribution in [2.75, 3.05) is 13.2 Å². The van der Waals surface area contributed by atoms with Crippen LogP contribution in [0, 0.1) is 6.92 Å². The maximum Gasteiger partial charge on any atom is 0.254 e. The summed E-state index contributed by atoms with van der Waals surface area (Å²) in [5.41, 5.74) is 0.598. The van der Waals surface area contributed by atoms with Crippen LogP contribution in [0.1, 0.15) is 16.1 Å². The van der Waals surface area contributed by atoms with E-state index in [2.05, 4.69) is 5.32 Å². The number of nitrogens with one attached hydrogen (secondary N) is 1. The Labute approximate surface area is 75.9 Å². The van der Waals surface area contributed by atoms with Crippen molar-refractivity contribution in [1.29, 1.82) is 0 Å². The van der Waals surface area contributed by atoms with E-state index >= 15 is 0 Å². The molecule has 0 aliphatic carbocycles. The molecule has 13 heavy (non-hydrogen) atoms. The smallest absolute Gasteiger partial charge is 0.254 e. The molecule has 1 aromatic heterocycles. The third-order valence-corrected chi connectivity index (χ3v) is 2.00. The zero-order chi connectivity index (χ0) is 9.26. The van der Waals surface area contributed by atoms with Gasteiger partial charge in [0, 0.05) is 6.54 Å². The van der Waals surface area contributed by atoms with Gasteiger partial charge in [0.1, 0.15) is 5.76 Å². The Morgan fingerprint density at radius 3 is 3.08 bits per heavy atom. The Balaban J connectivity index is 1.92. The molecular formula is C9H11NO3. The van der Waals surface area contributed by atoms with Crippen LogP contribution in [0.15, 0.2) is 16.7 Å². The van der Waals surface area contributed by atoms with Crippen molar-refractivity contribution in [2.45, 2.75) is 13.0 Å². The molecule has 4 nitrogen and oxygen atoms in total. The lowest BCUT2D eigenvalue weighted by atomic mass is 10.2. The molecule has 1 aliphatic rings. The van der Waals surface area contributed by atoms with E-state index in [1.807, 2.05) is 0 Å². The number of hydrogen-bond donors (Lipinski definition) is 1. The average molecular weight is 181 g/mol. The SMILES string of the molecule is Cc1occc1C(=O)NCC1CO1. The second-order valence-electron chi connectivity index (χ2n) is 3.06. The molecule has 4 heteroatoms. The van der Waals surface area contributed by atoms with E-state index in [1.54, 1.807) is 13.0 Å². The lowest BCUT2D eigenvalue weighted by Gasteiger charge is -2.00. The van der Waals surface area contributed by atoms with Gasteiger partial charge in [-0.15, -0.1) is 0 Å². The van der Waals surface area contributed by atoms with Crippen molar-refractivity contribution < 1.29 is 13.9 Å². The normalized spacial score (nSPS) is 19.9. The summed E-state index contributed by atoms with van der Waals surface area (Å²) in [6.07, 6.45) is 1.73. The highest BCUT2D eigenvalue weighted by Gasteiger charge is 2.23. The fourth-order valence-electron chi connectivity index (χ4n) is 1.11. The molecule has 1 aliphatic heterocycles. The molecule has 1 fully saturated rings. The highest BCUT2D eigenvalue weighted by atomic mass is 16.6. The fraction of sp³-hybridized carbons (Fsp3) is 0.444. The minimum Gasteiger partial charge on any atom is -0.469 e. The molecular weight excluding hydrogens is 170 g/mol. The van der Waals surface area contributed by atoms with Gasteiger partial charge in [0.25, 0.3) is 5.91 Å². The number of carbonyl (C=O) groups excluding carboxylic acids is 1. The average Bonchev–Trinajstić information content (AvgIpc) is 2.84. The quantitative estimate of drug-likeness (QED) is 0.699. The van der Waals surface area contributed by atoms with Gasteiger partial charge in [0.05, 0.1) is 24.5 Å². The van der Waals surface area contributed by atoms with Gasteiger partial charge < -0.3 is 14.5 Å². The Bertz CT molecular complexity index is 314. The third-order valence-electron chi connectivity index (χ3n) is 2.00. The van der Waals surface area contributed by atoms with E-state index in [0.29, 0.717) is 17.9 Å². The highest BCUT2D eigenvalue weighted by Crippen LogP contribution is 2.10. The maximum atomic E-state index is 11.4. The predicted octanol–water partition coefficient (Wildman–Crippen LogP) is 0.717. The van der Waals surface area contributed by atoms with Crippen molar-refractivity contribution in [3.63, 3.8) is 0 Å². The third kappa shape index (κ3) is 1.89. The molecule has 0 spiro atoms. The van der Waals surface area contributed by atoms with Gasteiger partial charge >= 0.3 is 0 Å². The molecule has 1 saturated heterocycles. The summed E-state index contributed by atoms with van der Waals surface area (Å²) in [6.45, 7) is 3.11. The Morgan fingerprint density at radius 2 is 2.54 bits per heavy atom. The molecule has 0 radical (unpaired) electrons. The van der Waals surface area contributed by atoms with Gasteiger partial charge in [-0.2, -0.15) is 0 Å². The molecule has 0 saturated carbocycles. The maximum absolute atomic E-state index is 11.4. The van der Waals surface area contributed by atoms with E-state index in [0.717, 1.165) is 6.61 Å². The number of furan rings is 1. The Morgan fingerprint density at radius 1 is 1.77 bits per heavy atom. The second kappa shape index (κ2) is 3.22. The van der Waals surface area contributed by atoms with E-state index < -0.39 is 0 Å². The molecule has 0 bridgehead atoms. The fourth-order valence-corrected chi connectivity index (χ4v) is 1.11. The van der Waals surface area contributed by atoms with E-state index in [4.69, 9.17) is 9.15 Å². The van der Waals surface area contributed by atoms with Crippen LogP contribution in [0.4, 0.5) is 0 Å². The van der Waals surface area contributed by atoms with Gasteiger partial charge in [-0.1, -0.05) is 0 Å². The van der Waals surface area contributed by atoms with Crippen molar-refractivity contribution in [1.82, 2.24) is 5.32 Å². The Hall–Kier alpha value is -1.29. The first kappa shape index (κ1) is 8.31. The zero-order valence-corrected chi connectivity index (χ0v) is 7.37. The van der Waals surface area contributed by atoms with Crippen molar-refractivity contribution in [3.05, 3.63) is 23.7 Å². The minimum absolute atomic E-state index is 0.0956. The number of epoxide rings is 1. The van der Waals surface area contributed by atoms with E-state index in [1.165, 1.54) is 6.26 Å². The lowest BCUT2D eigenvalue weighted by molar-refractivity contribution is 0.0949. The Kier molecular flexibility index (Phi) is 2.06. The molecule has 1 N–H and O–H groups in total. The lowest BCUT2D eigenvalue weighted by Crippen LogP contribution is -2.27. The number of rotatable bonds is 3. The molecule has 70 valence electrons. The summed E-state index contributed by atoms with van der Waals surface area (Å²) < 4.78 is 9.98. The number of aryl methyl sites for hydroxylation is 1. The van der Waals surface area contributed by atoms with Crippen molar-refractivity contribution >= 4 is 5.91 Å². The van der Waals surface area contributed by atoms with Gasteiger partial charge in [-0.3, -0.25) is 4.79 Å². The van der Waals surface area contributed by atoms with Gasteiger partial charge in [-0.05, 0) is 13.0 Å². The first-order valence-electron chi connectivity index (χ1n) is 4.21. The monoisotopic (exact) mass is 181 g/mol. The first-order valence-corrected chi connectivity index (χ1v) is 4.21. The summed E-state index contributed by atoms with van der Waals surface area (Å²) in [4.78, 5) is 11.4. The number of amides is 1. The summed E-state index contributed by atoms with van der Waals surface area (Å²) in [7, 11) is 0. The molecule has 1 amide bonds. The summed E-state index contributed by atoms with van der Waals surface area (Å²) in [5.74, 6) is 0.552. The number of ether oxygens (including phenoxy) is 1. The van der Waals surface area contributed by atoms with Crippen molar-refractivity contribution in [2.24, 2.45) is 0 Å². The molecule has 1 atom stereocenters. The van der Waals surface area contributed by atoms with Gasteiger partial charge in [0.2, 0.25) is 0 Å². The summed E-state index contributed by atoms with van der Waals surface area (Å²) >= 11 is 0. The van der Waals surface area contributed by atoms with Crippen LogP contribution in [0.25, 0.3) is 0 Å². The van der Waals surface area contributed by atoms with Crippen LogP contribution in [0.3, 0.4) is 0 Å². The standard InChI is InChI=1S/C9H11NO3/c1-6-8(2-3-12-6)9(11)10-4-7-5-13-7/h2-3,7H,4-5H2,1H3,(H,10,11). The van der Waals surface area contributed by atoms with E-state index in [-0.39, 0.29) is 12.0 Å². The zero-order valence-electron chi connectivity index (χ0n) is 7.37. The molecule has 0 aromatic carbocycles. The molecule has 1 unspecified atom stereocenters. The predicted molar refractivity (Wildman–Crippen MR) is 45.5 cm³/mol. The minimum atomic E-state index is -0.0956. The largest absolute Gasteiger partial charge is 0.469 e. The molecule has 2 heterocycles. The van der Waals surface area contributed by atoms with Gasteiger partial charge in [0.15, 0.2) is 0 Å². The summed E-state index contributed by atoms with van der Waals surface area (Å²) in [5, 5.41) is 2.76. The van der Waals surface area contributed by atoms with Crippen LogP contribution in [0.5, 0.6) is 0 Å². The molecule has 2 rings (SSSR count). The van der Waals surface area contributed by atoms with Gasteiger partial charge in [-0.25, -0.2) is 0 Å². The molecule has 1 aromatic rings. The number of hydrogen-bond acceptors (Lipinski definition) is 3. The topological polar surface area (TPSA) is 54.8 Å². The van der Waals surface area contributed by atoms with Crippen LogP contribution in [-0.2, 0) is 4.74 Å². The van der Waals surface area contributed by atoms with Crippen LogP contribution in [0.2, 0.25) is 0 Å². The summed E-state index contributed by atoms with van der Waals surface area (Å²) in [6, 6.07) is 1.67. The highest BCUT2D eigenvalue weighted by molar-refractivity contribution is 5.95. The first-order chi connectivity index (χ1) is 6.27.